The zero-order chi connectivity index (χ0) is 13.7. The molecule has 0 aromatic carbocycles. The number of fused-ring (bicyclic) bond motifs is 2. The van der Waals surface area contributed by atoms with Gasteiger partial charge in [0.1, 0.15) is 0 Å². The lowest BCUT2D eigenvalue weighted by Crippen LogP contribution is -2.35. The quantitative estimate of drug-likeness (QED) is 0.445. The summed E-state index contributed by atoms with van der Waals surface area (Å²) in [5.74, 6) is 0.780. The maximum Gasteiger partial charge on any atom is 0.231 e. The van der Waals surface area contributed by atoms with E-state index in [1.165, 1.54) is 12.8 Å². The number of isocyanates is 2. The average Bonchev–Trinajstić information content (AvgIpc) is 2.53. The summed E-state index contributed by atoms with van der Waals surface area (Å²) in [6.07, 6.45) is 5.08. The molecule has 0 heterocycles. The molecule has 2 saturated carbocycles. The highest BCUT2D eigenvalue weighted by Crippen LogP contribution is 2.65. The molecule has 0 radical (unpaired) electrons. The van der Waals surface area contributed by atoms with Crippen molar-refractivity contribution in [3.63, 3.8) is 0 Å². The van der Waals surface area contributed by atoms with Crippen LogP contribution in [0.4, 0.5) is 0 Å². The van der Waals surface area contributed by atoms with E-state index >= 15 is 0 Å². The van der Waals surface area contributed by atoms with Crippen molar-refractivity contribution in [1.82, 2.24) is 0 Å². The van der Waals surface area contributed by atoms with Crippen LogP contribution in [0.5, 0.6) is 0 Å². The van der Waals surface area contributed by atoms with Crippen LogP contribution in [-0.2, 0) is 9.59 Å². The Kier molecular flexibility index (Phi) is 5.43. The number of aliphatic hydroxyl groups excluding tert-OH is 1. The molecule has 5 heteroatoms. The van der Waals surface area contributed by atoms with Gasteiger partial charge in [0.15, 0.2) is 0 Å². The van der Waals surface area contributed by atoms with E-state index in [2.05, 4.69) is 20.8 Å². The van der Waals surface area contributed by atoms with Gasteiger partial charge in [0.25, 0.3) is 0 Å². The summed E-state index contributed by atoms with van der Waals surface area (Å²) in [5, 5.41) is 20.6. The number of carbonyl (C=O) groups excluding carboxylic acids is 2. The lowest BCUT2D eigenvalue weighted by Gasteiger charge is -2.36. The first-order chi connectivity index (χ1) is 7.81. The smallest absolute Gasteiger partial charge is 0.231 e. The first kappa shape index (κ1) is 15.7. The molecule has 0 amide bonds. The van der Waals surface area contributed by atoms with E-state index in [1.54, 1.807) is 0 Å². The average molecular weight is 240 g/mol. The van der Waals surface area contributed by atoms with Crippen molar-refractivity contribution >= 4 is 12.2 Å². The van der Waals surface area contributed by atoms with E-state index in [0.29, 0.717) is 5.41 Å². The lowest BCUT2D eigenvalue weighted by atomic mass is 9.70. The maximum absolute atomic E-state index is 9.81. The van der Waals surface area contributed by atoms with E-state index < -0.39 is 0 Å². The molecular weight excluding hydrogens is 220 g/mol. The highest BCUT2D eigenvalue weighted by molar-refractivity contribution is 5.26. The highest BCUT2D eigenvalue weighted by atomic mass is 16.3. The van der Waals surface area contributed by atoms with Gasteiger partial charge in [0.2, 0.25) is 12.2 Å². The molecule has 2 rings (SSSR count). The van der Waals surface area contributed by atoms with E-state index in [0.717, 1.165) is 24.5 Å². The van der Waals surface area contributed by atoms with Crippen LogP contribution in [-0.4, -0.2) is 23.4 Å². The third kappa shape index (κ3) is 2.70. The van der Waals surface area contributed by atoms with Crippen molar-refractivity contribution in [1.29, 1.82) is 10.8 Å². The fourth-order valence-corrected chi connectivity index (χ4v) is 3.16. The Hall–Kier alpha value is -1.28. The summed E-state index contributed by atoms with van der Waals surface area (Å²) in [7, 11) is 0. The Labute approximate surface area is 101 Å². The highest BCUT2D eigenvalue weighted by Gasteiger charge is 2.60. The molecule has 2 aliphatic rings. The SMILES string of the molecule is CC1(C)[C@@H]2CC[C@]1(C)[C@H](O)C2.N=C=O.N=C=O. The minimum absolute atomic E-state index is 0.0313. The van der Waals surface area contributed by atoms with Crippen molar-refractivity contribution in [2.45, 2.75) is 46.1 Å². The molecule has 2 fully saturated rings. The van der Waals surface area contributed by atoms with Gasteiger partial charge in [-0.2, -0.15) is 0 Å². The Morgan fingerprint density at radius 2 is 1.59 bits per heavy atom. The number of nitrogens with one attached hydrogen (secondary N) is 2. The van der Waals surface area contributed by atoms with Crippen LogP contribution < -0.4 is 0 Å². The number of aliphatic hydroxyl groups is 1. The molecule has 2 aliphatic carbocycles. The predicted molar refractivity (Wildman–Crippen MR) is 62.1 cm³/mol. The van der Waals surface area contributed by atoms with Crippen molar-refractivity contribution in [3.05, 3.63) is 0 Å². The number of rotatable bonds is 0. The monoisotopic (exact) mass is 240 g/mol. The summed E-state index contributed by atoms with van der Waals surface area (Å²) in [6, 6.07) is 0. The van der Waals surface area contributed by atoms with E-state index in [1.807, 2.05) is 0 Å². The maximum atomic E-state index is 9.81. The van der Waals surface area contributed by atoms with Crippen LogP contribution in [0.15, 0.2) is 0 Å². The van der Waals surface area contributed by atoms with Crippen molar-refractivity contribution < 1.29 is 14.7 Å². The van der Waals surface area contributed by atoms with Gasteiger partial charge in [0.05, 0.1) is 6.10 Å². The Morgan fingerprint density at radius 3 is 1.71 bits per heavy atom. The first-order valence-corrected chi connectivity index (χ1v) is 5.57. The fourth-order valence-electron chi connectivity index (χ4n) is 3.16. The van der Waals surface area contributed by atoms with Gasteiger partial charge in [-0.1, -0.05) is 20.8 Å². The van der Waals surface area contributed by atoms with Crippen LogP contribution in [0.2, 0.25) is 0 Å². The minimum atomic E-state index is -0.0313. The van der Waals surface area contributed by atoms with E-state index in [9.17, 15) is 5.11 Å². The topological polar surface area (TPSA) is 102 Å². The normalized spacial score (nSPS) is 35.5. The minimum Gasteiger partial charge on any atom is -0.393 e. The standard InChI is InChI=1S/C10H18O.2CHNO/c1-9(2)7-4-5-10(9,3)8(11)6-7;2*2-1-3/h7-8,11H,4-6H2,1-3H3;2*2H/t7-,8-,10-;;/m1../s1. The third-order valence-electron chi connectivity index (χ3n) is 4.75. The Morgan fingerprint density at radius 1 is 1.18 bits per heavy atom. The second-order valence-electron chi connectivity index (χ2n) is 5.33. The Balaban J connectivity index is 0.000000366. The molecule has 0 spiro atoms. The molecule has 0 saturated heterocycles. The molecule has 17 heavy (non-hydrogen) atoms. The van der Waals surface area contributed by atoms with Crippen LogP contribution in [0.25, 0.3) is 0 Å². The molecule has 5 nitrogen and oxygen atoms in total. The second kappa shape index (κ2) is 5.87. The molecule has 3 N–H and O–H groups in total. The molecular formula is C12H20N2O3. The number of hydrogen-bond acceptors (Lipinski definition) is 5. The summed E-state index contributed by atoms with van der Waals surface area (Å²) in [6.45, 7) is 6.90. The zero-order valence-corrected chi connectivity index (χ0v) is 10.5. The summed E-state index contributed by atoms with van der Waals surface area (Å²) in [4.78, 5) is 16.7. The van der Waals surface area contributed by atoms with E-state index in [4.69, 9.17) is 20.4 Å². The van der Waals surface area contributed by atoms with Crippen LogP contribution in [0.1, 0.15) is 40.0 Å². The van der Waals surface area contributed by atoms with Gasteiger partial charge >= 0.3 is 0 Å². The van der Waals surface area contributed by atoms with Gasteiger partial charge < -0.3 is 5.11 Å². The molecule has 0 aliphatic heterocycles. The second-order valence-corrected chi connectivity index (χ2v) is 5.33. The first-order valence-electron chi connectivity index (χ1n) is 5.57. The molecule has 3 atom stereocenters. The van der Waals surface area contributed by atoms with Crippen molar-refractivity contribution in [3.8, 4) is 0 Å². The number of hydrogen-bond donors (Lipinski definition) is 3. The van der Waals surface area contributed by atoms with Crippen molar-refractivity contribution in [2.24, 2.45) is 16.7 Å². The van der Waals surface area contributed by atoms with Gasteiger partial charge in [-0.05, 0) is 36.0 Å². The molecule has 96 valence electrons. The van der Waals surface area contributed by atoms with Crippen LogP contribution >= 0.6 is 0 Å². The predicted octanol–water partition coefficient (Wildman–Crippen LogP) is 2.00. The van der Waals surface area contributed by atoms with Crippen LogP contribution in [0, 0.1) is 27.6 Å². The van der Waals surface area contributed by atoms with Gasteiger partial charge in [-0.15, -0.1) is 0 Å². The van der Waals surface area contributed by atoms with Gasteiger partial charge in [0, 0.05) is 0 Å². The zero-order valence-electron chi connectivity index (χ0n) is 10.5. The molecule has 0 unspecified atom stereocenters. The van der Waals surface area contributed by atoms with Crippen molar-refractivity contribution in [2.75, 3.05) is 0 Å². The molecule has 0 aromatic rings. The molecule has 2 bridgehead atoms. The summed E-state index contributed by atoms with van der Waals surface area (Å²) in [5.41, 5.74) is 0.601. The van der Waals surface area contributed by atoms with Crippen LogP contribution in [0.3, 0.4) is 0 Å². The third-order valence-corrected chi connectivity index (χ3v) is 4.75. The fraction of sp³-hybridized carbons (Fsp3) is 0.833. The Bertz CT molecular complexity index is 317. The summed E-state index contributed by atoms with van der Waals surface area (Å²) < 4.78 is 0. The van der Waals surface area contributed by atoms with Gasteiger partial charge in [-0.25, -0.2) is 20.4 Å². The molecule has 0 aromatic heterocycles. The largest absolute Gasteiger partial charge is 0.393 e. The van der Waals surface area contributed by atoms with Gasteiger partial charge in [-0.3, -0.25) is 0 Å². The van der Waals surface area contributed by atoms with E-state index in [-0.39, 0.29) is 11.5 Å². The lowest BCUT2D eigenvalue weighted by molar-refractivity contribution is 0.0126. The summed E-state index contributed by atoms with van der Waals surface area (Å²) >= 11 is 0.